The van der Waals surface area contributed by atoms with Crippen LogP contribution in [0.3, 0.4) is 0 Å². The highest BCUT2D eigenvalue weighted by molar-refractivity contribution is 6.00. The summed E-state index contributed by atoms with van der Waals surface area (Å²) in [6.45, 7) is 6.13. The number of benzene rings is 2. The largest absolute Gasteiger partial charge is 0.492 e. The second-order valence-electron chi connectivity index (χ2n) is 7.90. The summed E-state index contributed by atoms with van der Waals surface area (Å²) in [6.07, 6.45) is 3.20. The summed E-state index contributed by atoms with van der Waals surface area (Å²) >= 11 is 0. The molecule has 0 N–H and O–H groups in total. The molecule has 1 aromatic heterocycles. The molecule has 1 aliphatic rings. The van der Waals surface area contributed by atoms with Gasteiger partial charge < -0.3 is 14.2 Å². The van der Waals surface area contributed by atoms with Gasteiger partial charge in [-0.15, -0.1) is 0 Å². The van der Waals surface area contributed by atoms with Crippen LogP contribution in [0.5, 0.6) is 17.2 Å². The Balaban J connectivity index is 1.81. The lowest BCUT2D eigenvalue weighted by atomic mass is 9.98. The van der Waals surface area contributed by atoms with Crippen molar-refractivity contribution in [2.24, 2.45) is 0 Å². The smallest absolute Gasteiger partial charge is 0.170 e. The summed E-state index contributed by atoms with van der Waals surface area (Å²) < 4.78 is 18.4. The number of ether oxygens (including phenoxy) is 3. The molecular weight excluding hydrogens is 404 g/mol. The maximum absolute atomic E-state index is 12.3. The van der Waals surface area contributed by atoms with Gasteiger partial charge in [0.25, 0.3) is 0 Å². The molecule has 1 aliphatic heterocycles. The van der Waals surface area contributed by atoms with Gasteiger partial charge in [0.1, 0.15) is 17.2 Å². The highest BCUT2D eigenvalue weighted by atomic mass is 16.5. The van der Waals surface area contributed by atoms with E-state index in [1.807, 2.05) is 45.0 Å². The fraction of sp³-hybridized carbons (Fsp3) is 0.269. The molecule has 2 heterocycles. The number of nitrogens with zero attached hydrogens (tertiary/aromatic N) is 2. The van der Waals surface area contributed by atoms with Crippen LogP contribution in [0, 0.1) is 18.3 Å². The van der Waals surface area contributed by atoms with Crippen molar-refractivity contribution in [1.29, 1.82) is 5.26 Å². The number of pyridine rings is 1. The first-order chi connectivity index (χ1) is 15.5. The average Bonchev–Trinajstić information content (AvgIpc) is 2.79. The summed E-state index contributed by atoms with van der Waals surface area (Å²) in [5.74, 6) is 1.85. The number of hydrogen-bond donors (Lipinski definition) is 0. The Morgan fingerprint density at radius 3 is 2.56 bits per heavy atom. The number of carbonyl (C=O) groups excluding carboxylic acids is 1. The van der Waals surface area contributed by atoms with E-state index in [0.717, 1.165) is 16.7 Å². The minimum absolute atomic E-state index is 0.0753. The molecule has 0 saturated carbocycles. The predicted molar refractivity (Wildman–Crippen MR) is 119 cm³/mol. The van der Waals surface area contributed by atoms with E-state index in [-0.39, 0.29) is 11.9 Å². The van der Waals surface area contributed by atoms with Gasteiger partial charge in [0.05, 0.1) is 29.9 Å². The molecule has 0 radical (unpaired) electrons. The predicted octanol–water partition coefficient (Wildman–Crippen LogP) is 5.18. The quantitative estimate of drug-likeness (QED) is 0.538. The highest BCUT2D eigenvalue weighted by Crippen LogP contribution is 2.40. The lowest BCUT2D eigenvalue weighted by Crippen LogP contribution is -2.18. The molecule has 4 rings (SSSR count). The van der Waals surface area contributed by atoms with E-state index >= 15 is 0 Å². The molecule has 162 valence electrons. The van der Waals surface area contributed by atoms with Crippen LogP contribution < -0.4 is 14.2 Å². The van der Waals surface area contributed by atoms with Gasteiger partial charge in [-0.3, -0.25) is 9.78 Å². The van der Waals surface area contributed by atoms with Crippen molar-refractivity contribution < 1.29 is 19.0 Å². The summed E-state index contributed by atoms with van der Waals surface area (Å²) in [6, 6.07) is 14.8. The number of ketones is 1. The van der Waals surface area contributed by atoms with Crippen LogP contribution >= 0.6 is 0 Å². The fourth-order valence-electron chi connectivity index (χ4n) is 3.74. The van der Waals surface area contributed by atoms with Gasteiger partial charge in [-0.05, 0) is 63.2 Å². The van der Waals surface area contributed by atoms with Crippen LogP contribution in [0.25, 0.3) is 0 Å². The van der Waals surface area contributed by atoms with Crippen molar-refractivity contribution in [2.75, 3.05) is 6.61 Å². The molecule has 0 amide bonds. The van der Waals surface area contributed by atoms with Crippen molar-refractivity contribution in [3.05, 3.63) is 82.7 Å². The van der Waals surface area contributed by atoms with Gasteiger partial charge >= 0.3 is 0 Å². The van der Waals surface area contributed by atoms with Gasteiger partial charge in [0, 0.05) is 35.5 Å². The average molecular weight is 428 g/mol. The van der Waals surface area contributed by atoms with Crippen LogP contribution in [0.4, 0.5) is 0 Å². The molecule has 2 aromatic carbocycles. The Bertz CT molecular complexity index is 1180. The number of Topliss-reactive ketones (excluding diaryl/α,β-unsaturated/α-hetero) is 1. The van der Waals surface area contributed by atoms with Gasteiger partial charge in [-0.25, -0.2) is 0 Å². The summed E-state index contributed by atoms with van der Waals surface area (Å²) in [4.78, 5) is 16.4. The van der Waals surface area contributed by atoms with Crippen LogP contribution in [0.15, 0.2) is 54.9 Å². The van der Waals surface area contributed by atoms with Gasteiger partial charge in [-0.2, -0.15) is 5.26 Å². The van der Waals surface area contributed by atoms with Gasteiger partial charge in [0.15, 0.2) is 11.9 Å². The first-order valence-electron chi connectivity index (χ1n) is 10.5. The van der Waals surface area contributed by atoms with Crippen LogP contribution in [-0.2, 0) is 0 Å². The fourth-order valence-corrected chi connectivity index (χ4v) is 3.74. The Morgan fingerprint density at radius 2 is 1.84 bits per heavy atom. The molecular formula is C26H24N2O4. The standard InChI is InChI=1S/C26H24N2O4/c1-16(2)31-24-14-18(15-27)4-5-21(24)26(19-8-11-28-12-9-19)32-23-7-6-20-22(29)10-13-30-25(20)17(23)3/h4-9,11-12,14,16,26H,10,13H2,1-3H3/t26-/m1/s1. The van der Waals surface area contributed by atoms with E-state index in [1.54, 1.807) is 30.6 Å². The third-order valence-electron chi connectivity index (χ3n) is 5.27. The molecule has 1 atom stereocenters. The lowest BCUT2D eigenvalue weighted by molar-refractivity contribution is 0.0932. The van der Waals surface area contributed by atoms with Crippen molar-refractivity contribution in [3.63, 3.8) is 0 Å². The Hall–Kier alpha value is -3.85. The zero-order chi connectivity index (χ0) is 22.7. The van der Waals surface area contributed by atoms with E-state index in [4.69, 9.17) is 14.2 Å². The van der Waals surface area contributed by atoms with Crippen LogP contribution in [0.1, 0.15) is 59.0 Å². The molecule has 0 bridgehead atoms. The molecule has 0 unspecified atom stereocenters. The van der Waals surface area contributed by atoms with E-state index < -0.39 is 6.10 Å². The lowest BCUT2D eigenvalue weighted by Gasteiger charge is -2.26. The molecule has 0 fully saturated rings. The molecule has 6 nitrogen and oxygen atoms in total. The van der Waals surface area contributed by atoms with E-state index in [0.29, 0.717) is 41.4 Å². The molecule has 3 aromatic rings. The van der Waals surface area contributed by atoms with E-state index in [9.17, 15) is 10.1 Å². The van der Waals surface area contributed by atoms with Crippen LogP contribution in [0.2, 0.25) is 0 Å². The van der Waals surface area contributed by atoms with Crippen molar-refractivity contribution >= 4 is 5.78 Å². The summed E-state index contributed by atoms with van der Waals surface area (Å²) in [5, 5.41) is 9.36. The molecule has 0 aliphatic carbocycles. The Labute approximate surface area is 187 Å². The maximum Gasteiger partial charge on any atom is 0.170 e. The third kappa shape index (κ3) is 4.28. The first-order valence-corrected chi connectivity index (χ1v) is 10.5. The van der Waals surface area contributed by atoms with Gasteiger partial charge in [-0.1, -0.05) is 0 Å². The third-order valence-corrected chi connectivity index (χ3v) is 5.27. The van der Waals surface area contributed by atoms with E-state index in [2.05, 4.69) is 11.1 Å². The van der Waals surface area contributed by atoms with Gasteiger partial charge in [0.2, 0.25) is 0 Å². The second-order valence-corrected chi connectivity index (χ2v) is 7.90. The maximum atomic E-state index is 12.3. The monoisotopic (exact) mass is 428 g/mol. The minimum Gasteiger partial charge on any atom is -0.492 e. The van der Waals surface area contributed by atoms with Crippen LogP contribution in [-0.4, -0.2) is 23.5 Å². The topological polar surface area (TPSA) is 81.4 Å². The Morgan fingerprint density at radius 1 is 1.06 bits per heavy atom. The van der Waals surface area contributed by atoms with E-state index in [1.165, 1.54) is 0 Å². The highest BCUT2D eigenvalue weighted by Gasteiger charge is 2.26. The number of hydrogen-bond acceptors (Lipinski definition) is 6. The summed E-state index contributed by atoms with van der Waals surface area (Å²) in [7, 11) is 0. The number of fused-ring (bicyclic) bond motifs is 1. The minimum atomic E-state index is -0.518. The summed E-state index contributed by atoms with van der Waals surface area (Å²) in [5.41, 5.74) is 3.54. The zero-order valence-electron chi connectivity index (χ0n) is 18.3. The van der Waals surface area contributed by atoms with Crippen molar-refractivity contribution in [1.82, 2.24) is 4.98 Å². The van der Waals surface area contributed by atoms with Crippen molar-refractivity contribution in [3.8, 4) is 23.3 Å². The number of rotatable bonds is 6. The zero-order valence-corrected chi connectivity index (χ0v) is 18.3. The second kappa shape index (κ2) is 9.11. The number of carbonyl (C=O) groups is 1. The molecule has 6 heteroatoms. The molecule has 32 heavy (non-hydrogen) atoms. The normalized spacial score (nSPS) is 13.7. The Kier molecular flexibility index (Phi) is 6.09. The molecule has 0 spiro atoms. The molecule has 0 saturated heterocycles. The number of aromatic nitrogens is 1. The van der Waals surface area contributed by atoms with Crippen molar-refractivity contribution in [2.45, 2.75) is 39.4 Å². The first kappa shape index (κ1) is 21.4. The SMILES string of the molecule is Cc1c(O[C@H](c2ccncc2)c2ccc(C#N)cc2OC(C)C)ccc2c1OCCC2=O. The number of nitriles is 1.